The van der Waals surface area contributed by atoms with Gasteiger partial charge in [0.2, 0.25) is 12.2 Å². The molecule has 1 aliphatic rings. The first kappa shape index (κ1) is 27.6. The van der Waals surface area contributed by atoms with E-state index in [1.54, 1.807) is 13.0 Å². The number of carbonyl (C=O) groups is 2. The van der Waals surface area contributed by atoms with Crippen LogP contribution in [0.15, 0.2) is 24.4 Å². The van der Waals surface area contributed by atoms with E-state index in [4.69, 9.17) is 11.6 Å². The van der Waals surface area contributed by atoms with E-state index >= 15 is 0 Å². The molecule has 2 N–H and O–H groups in total. The zero-order valence-corrected chi connectivity index (χ0v) is 22.0. The number of halogens is 2. The summed E-state index contributed by atoms with van der Waals surface area (Å²) in [5, 5.41) is 13.2. The van der Waals surface area contributed by atoms with Crippen LogP contribution in [0.5, 0.6) is 0 Å². The van der Waals surface area contributed by atoms with Gasteiger partial charge in [-0.3, -0.25) is 9.59 Å². The number of rotatable bonds is 9. The van der Waals surface area contributed by atoms with Gasteiger partial charge in [-0.1, -0.05) is 25.4 Å². The SMILES string of the molecule is CC(O)CCN(C(=O)C=O)c1cc(Nc2nc(N3CC(C)C(F)C(C)C3)ncc2Cl)ccc1N(C)C. The average molecular weight is 521 g/mol. The standard InChI is InChI=1S/C25H34ClFN6O3/c1-15-12-32(13-16(2)23(15)27)25-28-11-19(26)24(30-25)29-18-6-7-20(31(4)5)21(10-18)33(22(36)14-34)9-8-17(3)35/h6-7,10-11,14-17,23,35H,8-9,12-13H2,1-5H3,(H,28,29,30). The second-order valence-electron chi connectivity index (χ2n) is 9.64. The number of amides is 1. The molecule has 0 aliphatic carbocycles. The van der Waals surface area contributed by atoms with Crippen LogP contribution >= 0.6 is 11.6 Å². The zero-order valence-electron chi connectivity index (χ0n) is 21.3. The Balaban J connectivity index is 1.94. The molecule has 3 unspecified atom stereocenters. The number of anilines is 5. The molecule has 0 spiro atoms. The lowest BCUT2D eigenvalue weighted by Gasteiger charge is -2.37. The summed E-state index contributed by atoms with van der Waals surface area (Å²) < 4.78 is 14.3. The number of aliphatic hydroxyl groups excluding tert-OH is 1. The van der Waals surface area contributed by atoms with E-state index in [0.29, 0.717) is 53.4 Å². The van der Waals surface area contributed by atoms with Gasteiger partial charge in [0, 0.05) is 51.3 Å². The Morgan fingerprint density at radius 1 is 1.31 bits per heavy atom. The third-order valence-electron chi connectivity index (χ3n) is 6.27. The maximum Gasteiger partial charge on any atom is 0.291 e. The average Bonchev–Trinajstić information content (AvgIpc) is 2.83. The maximum atomic E-state index is 14.3. The van der Waals surface area contributed by atoms with Crippen molar-refractivity contribution in [3.05, 3.63) is 29.4 Å². The number of aliphatic hydroxyl groups is 1. The Labute approximate surface area is 216 Å². The molecular weight excluding hydrogens is 487 g/mol. The lowest BCUT2D eigenvalue weighted by atomic mass is 9.90. The molecule has 1 aromatic heterocycles. The summed E-state index contributed by atoms with van der Waals surface area (Å²) in [7, 11) is 3.67. The van der Waals surface area contributed by atoms with E-state index < -0.39 is 18.2 Å². The fraction of sp³-hybridized carbons (Fsp3) is 0.520. The van der Waals surface area contributed by atoms with Gasteiger partial charge in [0.25, 0.3) is 5.91 Å². The molecule has 1 amide bonds. The molecular formula is C25H34ClFN6O3. The molecule has 196 valence electrons. The summed E-state index contributed by atoms with van der Waals surface area (Å²) in [6.07, 6.45) is 0.561. The smallest absolute Gasteiger partial charge is 0.291 e. The van der Waals surface area contributed by atoms with Gasteiger partial charge >= 0.3 is 0 Å². The first-order valence-electron chi connectivity index (χ1n) is 12.0. The summed E-state index contributed by atoms with van der Waals surface area (Å²) in [6.45, 7) is 6.54. The molecule has 0 radical (unpaired) electrons. The maximum absolute atomic E-state index is 14.3. The molecule has 1 fully saturated rings. The first-order valence-corrected chi connectivity index (χ1v) is 12.3. The summed E-state index contributed by atoms with van der Waals surface area (Å²) >= 11 is 6.39. The van der Waals surface area contributed by atoms with Crippen LogP contribution in [0.3, 0.4) is 0 Å². The van der Waals surface area contributed by atoms with Gasteiger partial charge in [-0.2, -0.15) is 4.98 Å². The van der Waals surface area contributed by atoms with Crippen molar-refractivity contribution in [3.63, 3.8) is 0 Å². The molecule has 1 aliphatic heterocycles. The van der Waals surface area contributed by atoms with E-state index in [2.05, 4.69) is 15.3 Å². The van der Waals surface area contributed by atoms with Crippen molar-refractivity contribution in [2.75, 3.05) is 53.7 Å². The minimum atomic E-state index is -0.870. The highest BCUT2D eigenvalue weighted by atomic mass is 35.5. The molecule has 2 aromatic rings. The largest absolute Gasteiger partial charge is 0.393 e. The molecule has 0 saturated carbocycles. The fourth-order valence-electron chi connectivity index (χ4n) is 4.35. The number of aromatic nitrogens is 2. The van der Waals surface area contributed by atoms with Gasteiger partial charge in [-0.25, -0.2) is 9.37 Å². The van der Waals surface area contributed by atoms with E-state index in [9.17, 15) is 19.1 Å². The van der Waals surface area contributed by atoms with E-state index in [-0.39, 0.29) is 24.7 Å². The Hall–Kier alpha value is -2.98. The van der Waals surface area contributed by atoms with Gasteiger partial charge < -0.3 is 25.1 Å². The molecule has 2 heterocycles. The normalized spacial score (nSPS) is 20.6. The molecule has 36 heavy (non-hydrogen) atoms. The van der Waals surface area contributed by atoms with Crippen molar-refractivity contribution in [2.24, 2.45) is 11.8 Å². The Morgan fingerprint density at radius 2 is 1.97 bits per heavy atom. The van der Waals surface area contributed by atoms with E-state index in [0.717, 1.165) is 0 Å². The highest BCUT2D eigenvalue weighted by molar-refractivity contribution is 6.33. The second kappa shape index (κ2) is 11.8. The van der Waals surface area contributed by atoms with Crippen LogP contribution in [-0.2, 0) is 9.59 Å². The fourth-order valence-corrected chi connectivity index (χ4v) is 4.49. The molecule has 0 bridgehead atoms. The van der Waals surface area contributed by atoms with Crippen LogP contribution in [0.4, 0.5) is 33.2 Å². The van der Waals surface area contributed by atoms with Gasteiger partial charge in [0.1, 0.15) is 11.2 Å². The van der Waals surface area contributed by atoms with Gasteiger partial charge in [-0.15, -0.1) is 0 Å². The molecule has 3 atom stereocenters. The van der Waals surface area contributed by atoms with Crippen molar-refractivity contribution in [2.45, 2.75) is 39.5 Å². The summed E-state index contributed by atoms with van der Waals surface area (Å²) in [4.78, 5) is 37.9. The minimum Gasteiger partial charge on any atom is -0.393 e. The van der Waals surface area contributed by atoms with Crippen LogP contribution in [0.25, 0.3) is 0 Å². The number of nitrogens with one attached hydrogen (secondary N) is 1. The summed E-state index contributed by atoms with van der Waals surface area (Å²) in [5.41, 5.74) is 1.81. The van der Waals surface area contributed by atoms with E-state index in [1.807, 2.05) is 49.9 Å². The predicted octanol–water partition coefficient (Wildman–Crippen LogP) is 3.67. The third kappa shape index (κ3) is 6.41. The van der Waals surface area contributed by atoms with Gasteiger partial charge in [-0.05, 0) is 31.5 Å². The number of nitrogens with zero attached hydrogens (tertiary/aromatic N) is 5. The Morgan fingerprint density at radius 3 is 2.56 bits per heavy atom. The minimum absolute atomic E-state index is 0.145. The number of aldehydes is 1. The number of carbonyl (C=O) groups excluding carboxylic acids is 2. The van der Waals surface area contributed by atoms with Crippen LogP contribution in [0.2, 0.25) is 5.02 Å². The Kier molecular flexibility index (Phi) is 9.08. The van der Waals surface area contributed by atoms with Crippen molar-refractivity contribution >= 4 is 52.6 Å². The molecule has 1 saturated heterocycles. The van der Waals surface area contributed by atoms with Crippen LogP contribution < -0.4 is 20.0 Å². The van der Waals surface area contributed by atoms with Crippen molar-refractivity contribution < 1.29 is 19.1 Å². The number of hydrogen-bond acceptors (Lipinski definition) is 8. The number of benzene rings is 1. The van der Waals surface area contributed by atoms with Crippen molar-refractivity contribution in [1.82, 2.24) is 9.97 Å². The van der Waals surface area contributed by atoms with Gasteiger partial charge in [0.05, 0.1) is 23.7 Å². The second-order valence-corrected chi connectivity index (χ2v) is 10.0. The first-order chi connectivity index (χ1) is 17.0. The van der Waals surface area contributed by atoms with Crippen molar-refractivity contribution in [1.29, 1.82) is 0 Å². The lowest BCUT2D eigenvalue weighted by Crippen LogP contribution is -2.46. The van der Waals surface area contributed by atoms with Crippen LogP contribution in [0, 0.1) is 11.8 Å². The number of alkyl halides is 1. The van der Waals surface area contributed by atoms with E-state index in [1.165, 1.54) is 11.1 Å². The molecule has 3 rings (SSSR count). The topological polar surface area (TPSA) is 102 Å². The highest BCUT2D eigenvalue weighted by Gasteiger charge is 2.33. The van der Waals surface area contributed by atoms with Crippen LogP contribution in [-0.4, -0.2) is 73.3 Å². The predicted molar refractivity (Wildman–Crippen MR) is 141 cm³/mol. The lowest BCUT2D eigenvalue weighted by molar-refractivity contribution is -0.129. The van der Waals surface area contributed by atoms with Crippen LogP contribution in [0.1, 0.15) is 27.2 Å². The van der Waals surface area contributed by atoms with Gasteiger partial charge in [0.15, 0.2) is 5.82 Å². The number of hydrogen-bond donors (Lipinski definition) is 2. The molecule has 1 aromatic carbocycles. The third-order valence-corrected chi connectivity index (χ3v) is 6.54. The zero-order chi connectivity index (χ0) is 26.6. The monoisotopic (exact) mass is 520 g/mol. The highest BCUT2D eigenvalue weighted by Crippen LogP contribution is 2.35. The Bertz CT molecular complexity index is 1070. The van der Waals surface area contributed by atoms with Crippen molar-refractivity contribution in [3.8, 4) is 0 Å². The number of piperidine rings is 1. The molecule has 9 nitrogen and oxygen atoms in total. The quantitative estimate of drug-likeness (QED) is 0.381. The summed E-state index contributed by atoms with van der Waals surface area (Å²) in [6, 6.07) is 5.36. The summed E-state index contributed by atoms with van der Waals surface area (Å²) in [5.74, 6) is -0.183. The molecule has 11 heteroatoms.